The van der Waals surface area contributed by atoms with Crippen LogP contribution in [-0.2, 0) is 18.3 Å². The number of hydrogen-bond acceptors (Lipinski definition) is 9. The molecule has 1 aliphatic rings. The van der Waals surface area contributed by atoms with Gasteiger partial charge in [-0.1, -0.05) is 0 Å². The molecule has 0 saturated carbocycles. The number of fused-ring (bicyclic) bond motifs is 1. The number of aromatic nitrogens is 4. The highest BCUT2D eigenvalue weighted by molar-refractivity contribution is 5.86. The van der Waals surface area contributed by atoms with Crippen LogP contribution in [0, 0.1) is 10.1 Å². The number of hydrogen-bond donors (Lipinski definition) is 2. The summed E-state index contributed by atoms with van der Waals surface area (Å²) in [6.45, 7) is 1.91. The molecule has 1 aromatic carbocycles. The molecular formula is C19H22N6O7. The van der Waals surface area contributed by atoms with Gasteiger partial charge >= 0.3 is 5.69 Å². The Morgan fingerprint density at radius 3 is 2.59 bits per heavy atom. The number of aliphatic hydroxyl groups is 1. The first-order valence-electron chi connectivity index (χ1n) is 9.93. The van der Waals surface area contributed by atoms with Crippen LogP contribution >= 0.6 is 0 Å². The Kier molecular flexibility index (Phi) is 5.92. The average molecular weight is 446 g/mol. The second kappa shape index (κ2) is 8.80. The molecule has 0 bridgehead atoms. The third-order valence-corrected chi connectivity index (χ3v) is 5.17. The normalized spacial score (nSPS) is 15.1. The maximum atomic E-state index is 12.6. The number of nitrogens with zero attached hydrogens (tertiary/aromatic N) is 5. The highest BCUT2D eigenvalue weighted by Crippen LogP contribution is 2.24. The van der Waals surface area contributed by atoms with Crippen LogP contribution in [0.25, 0.3) is 11.0 Å². The van der Waals surface area contributed by atoms with Gasteiger partial charge in [0.2, 0.25) is 0 Å². The van der Waals surface area contributed by atoms with E-state index in [0.29, 0.717) is 43.4 Å². The summed E-state index contributed by atoms with van der Waals surface area (Å²) in [5.41, 5.74) is -0.675. The molecule has 13 heteroatoms. The van der Waals surface area contributed by atoms with Gasteiger partial charge < -0.3 is 19.5 Å². The van der Waals surface area contributed by atoms with E-state index in [1.807, 2.05) is 4.90 Å². The minimum absolute atomic E-state index is 0.0604. The van der Waals surface area contributed by atoms with E-state index in [4.69, 9.17) is 9.47 Å². The van der Waals surface area contributed by atoms with Crippen molar-refractivity contribution < 1.29 is 19.5 Å². The number of nitrogens with one attached hydrogen (secondary N) is 1. The maximum absolute atomic E-state index is 12.6. The third-order valence-electron chi connectivity index (χ3n) is 5.17. The van der Waals surface area contributed by atoms with Gasteiger partial charge in [-0.25, -0.2) is 4.79 Å². The summed E-state index contributed by atoms with van der Waals surface area (Å²) >= 11 is 0. The van der Waals surface area contributed by atoms with E-state index < -0.39 is 22.3 Å². The third kappa shape index (κ3) is 4.20. The largest absolute Gasteiger partial charge is 0.491 e. The van der Waals surface area contributed by atoms with Crippen molar-refractivity contribution in [3.8, 4) is 5.75 Å². The van der Waals surface area contributed by atoms with Crippen LogP contribution in [0.5, 0.6) is 5.75 Å². The number of aryl methyl sites for hydroxylation is 1. The molecule has 3 heterocycles. The summed E-state index contributed by atoms with van der Waals surface area (Å²) < 4.78 is 13.6. The van der Waals surface area contributed by atoms with Crippen LogP contribution < -0.4 is 20.9 Å². The number of nitro benzene ring substituents is 1. The number of non-ortho nitro benzene ring substituents is 1. The Hall–Kier alpha value is -3.71. The maximum Gasteiger partial charge on any atom is 0.328 e. The van der Waals surface area contributed by atoms with E-state index in [9.17, 15) is 24.8 Å². The zero-order valence-corrected chi connectivity index (χ0v) is 17.3. The van der Waals surface area contributed by atoms with E-state index >= 15 is 0 Å². The van der Waals surface area contributed by atoms with Crippen molar-refractivity contribution in [2.24, 2.45) is 7.05 Å². The van der Waals surface area contributed by atoms with Gasteiger partial charge in [0.25, 0.3) is 11.2 Å². The topological polar surface area (TPSA) is 158 Å². The lowest BCUT2D eigenvalue weighted by atomic mass is 10.3. The smallest absolute Gasteiger partial charge is 0.328 e. The second-order valence-corrected chi connectivity index (χ2v) is 7.34. The summed E-state index contributed by atoms with van der Waals surface area (Å²) in [5.74, 6) is 0.826. The second-order valence-electron chi connectivity index (χ2n) is 7.34. The zero-order valence-electron chi connectivity index (χ0n) is 17.3. The van der Waals surface area contributed by atoms with Gasteiger partial charge in [0.05, 0.1) is 24.7 Å². The van der Waals surface area contributed by atoms with Crippen LogP contribution in [0.15, 0.2) is 33.9 Å². The molecule has 2 aromatic heterocycles. The van der Waals surface area contributed by atoms with Crippen molar-refractivity contribution in [2.45, 2.75) is 12.6 Å². The molecule has 1 unspecified atom stereocenters. The molecule has 3 aromatic rings. The number of rotatable bonds is 7. The Morgan fingerprint density at radius 2 is 1.94 bits per heavy atom. The number of aromatic amines is 1. The number of H-pyrrole nitrogens is 1. The van der Waals surface area contributed by atoms with Crippen LogP contribution in [-0.4, -0.2) is 68.4 Å². The number of anilines is 1. The Morgan fingerprint density at radius 1 is 1.25 bits per heavy atom. The molecule has 13 nitrogen and oxygen atoms in total. The highest BCUT2D eigenvalue weighted by Gasteiger charge is 2.24. The Balaban J connectivity index is 1.58. The monoisotopic (exact) mass is 446 g/mol. The molecule has 32 heavy (non-hydrogen) atoms. The Bertz CT molecular complexity index is 1240. The van der Waals surface area contributed by atoms with E-state index in [-0.39, 0.29) is 24.4 Å². The van der Waals surface area contributed by atoms with Gasteiger partial charge in [0, 0.05) is 32.3 Å². The SMILES string of the molecule is Cn1c(=O)[nH]c(=O)c2c1c(N1CCOCC1)nn2CC(O)COc1ccc([N+](=O)[O-])cc1. The summed E-state index contributed by atoms with van der Waals surface area (Å²) in [6, 6.07) is 5.48. The fourth-order valence-corrected chi connectivity index (χ4v) is 3.54. The summed E-state index contributed by atoms with van der Waals surface area (Å²) in [7, 11) is 1.55. The predicted octanol–water partition coefficient (Wildman–Crippen LogP) is -0.392. The highest BCUT2D eigenvalue weighted by atomic mass is 16.6. The van der Waals surface area contributed by atoms with Crippen LogP contribution in [0.1, 0.15) is 0 Å². The molecule has 0 radical (unpaired) electrons. The van der Waals surface area contributed by atoms with E-state index in [1.54, 1.807) is 7.05 Å². The van der Waals surface area contributed by atoms with E-state index in [2.05, 4.69) is 10.1 Å². The predicted molar refractivity (Wildman–Crippen MR) is 113 cm³/mol. The van der Waals surface area contributed by atoms with Gasteiger partial charge in [-0.15, -0.1) is 0 Å². The number of benzene rings is 1. The molecule has 0 aliphatic carbocycles. The summed E-state index contributed by atoms with van der Waals surface area (Å²) in [4.78, 5) is 39.1. The molecule has 1 saturated heterocycles. The fraction of sp³-hybridized carbons (Fsp3) is 0.421. The quantitative estimate of drug-likeness (QED) is 0.364. The first-order valence-corrected chi connectivity index (χ1v) is 9.93. The first-order chi connectivity index (χ1) is 15.3. The molecule has 0 amide bonds. The molecule has 170 valence electrons. The van der Waals surface area contributed by atoms with Crippen LogP contribution in [0.4, 0.5) is 11.5 Å². The lowest BCUT2D eigenvalue weighted by Gasteiger charge is -2.27. The molecule has 4 rings (SSSR count). The van der Waals surface area contributed by atoms with Crippen molar-refractivity contribution in [1.29, 1.82) is 0 Å². The minimum atomic E-state index is -1.04. The molecule has 2 N–H and O–H groups in total. The minimum Gasteiger partial charge on any atom is -0.491 e. The molecule has 0 spiro atoms. The lowest BCUT2D eigenvalue weighted by molar-refractivity contribution is -0.384. The molecule has 1 aliphatic heterocycles. The number of morpholine rings is 1. The van der Waals surface area contributed by atoms with E-state index in [1.165, 1.54) is 33.5 Å². The van der Waals surface area contributed by atoms with Crippen molar-refractivity contribution in [2.75, 3.05) is 37.8 Å². The van der Waals surface area contributed by atoms with Crippen molar-refractivity contribution >= 4 is 22.5 Å². The Labute approximate surface area is 180 Å². The number of nitro groups is 1. The molecular weight excluding hydrogens is 424 g/mol. The van der Waals surface area contributed by atoms with Gasteiger partial charge in [-0.3, -0.25) is 29.1 Å². The van der Waals surface area contributed by atoms with E-state index in [0.717, 1.165) is 0 Å². The first kappa shape index (κ1) is 21.5. The summed E-state index contributed by atoms with van der Waals surface area (Å²) in [6.07, 6.45) is -1.04. The zero-order chi connectivity index (χ0) is 22.8. The van der Waals surface area contributed by atoms with Crippen molar-refractivity contribution in [3.05, 3.63) is 55.2 Å². The van der Waals surface area contributed by atoms with Gasteiger partial charge in [-0.05, 0) is 12.1 Å². The van der Waals surface area contributed by atoms with Crippen LogP contribution in [0.2, 0.25) is 0 Å². The van der Waals surface area contributed by atoms with Crippen molar-refractivity contribution in [1.82, 2.24) is 19.3 Å². The summed E-state index contributed by atoms with van der Waals surface area (Å²) in [5, 5.41) is 25.7. The lowest BCUT2D eigenvalue weighted by Crippen LogP contribution is -2.37. The molecule has 1 fully saturated rings. The van der Waals surface area contributed by atoms with Crippen LogP contribution in [0.3, 0.4) is 0 Å². The van der Waals surface area contributed by atoms with Gasteiger partial charge in [0.15, 0.2) is 11.3 Å². The standard InChI is InChI=1S/C19H22N6O7/c1-22-15-16(18(27)20-19(22)28)24(21-17(15)23-6-8-31-9-7-23)10-13(26)11-32-14-4-2-12(3-5-14)25(29)30/h2-5,13,26H,6-11H2,1H3,(H,20,27,28). The molecule has 1 atom stereocenters. The average Bonchev–Trinajstić information content (AvgIpc) is 3.16. The number of aliphatic hydroxyl groups excluding tert-OH is 1. The van der Waals surface area contributed by atoms with Crippen molar-refractivity contribution in [3.63, 3.8) is 0 Å². The van der Waals surface area contributed by atoms with Gasteiger partial charge in [-0.2, -0.15) is 5.10 Å². The fourth-order valence-electron chi connectivity index (χ4n) is 3.54. The number of ether oxygens (including phenoxy) is 2. The van der Waals surface area contributed by atoms with Gasteiger partial charge in [0.1, 0.15) is 24.0 Å².